The van der Waals surface area contributed by atoms with E-state index in [2.05, 4.69) is 18.7 Å². The van der Waals surface area contributed by atoms with E-state index in [0.717, 1.165) is 38.0 Å². The van der Waals surface area contributed by atoms with Crippen molar-refractivity contribution in [1.29, 1.82) is 0 Å². The zero-order chi connectivity index (χ0) is 14.6. The third-order valence-corrected chi connectivity index (χ3v) is 3.22. The van der Waals surface area contributed by atoms with Crippen LogP contribution in [0.25, 0.3) is 6.08 Å². The number of hydrogen-bond acceptors (Lipinski definition) is 3. The lowest BCUT2D eigenvalue weighted by Gasteiger charge is -2.17. The van der Waals surface area contributed by atoms with Gasteiger partial charge in [-0.1, -0.05) is 44.2 Å². The zero-order valence-electron chi connectivity index (χ0n) is 12.5. The molecule has 0 radical (unpaired) electrons. The van der Waals surface area contributed by atoms with E-state index in [1.165, 1.54) is 6.08 Å². The molecule has 0 N–H and O–H groups in total. The SMILES string of the molecule is CCN(CC)CCCCOC(=O)C=Cc1ccccc1. The van der Waals surface area contributed by atoms with Gasteiger partial charge in [0.15, 0.2) is 0 Å². The van der Waals surface area contributed by atoms with E-state index in [-0.39, 0.29) is 5.97 Å². The van der Waals surface area contributed by atoms with Crippen LogP contribution in [0.3, 0.4) is 0 Å². The molecule has 0 aliphatic carbocycles. The van der Waals surface area contributed by atoms with Crippen LogP contribution in [0.4, 0.5) is 0 Å². The number of carbonyl (C=O) groups excluding carboxylic acids is 1. The smallest absolute Gasteiger partial charge is 0.330 e. The second-order valence-electron chi connectivity index (χ2n) is 4.65. The molecule has 3 heteroatoms. The quantitative estimate of drug-likeness (QED) is 0.393. The Balaban J connectivity index is 2.13. The molecular formula is C17H25NO2. The van der Waals surface area contributed by atoms with Crippen LogP contribution in [0.5, 0.6) is 0 Å². The van der Waals surface area contributed by atoms with Crippen LogP contribution in [0.1, 0.15) is 32.3 Å². The van der Waals surface area contributed by atoms with E-state index in [1.54, 1.807) is 6.08 Å². The van der Waals surface area contributed by atoms with Gasteiger partial charge in [-0.05, 0) is 44.1 Å². The van der Waals surface area contributed by atoms with Crippen molar-refractivity contribution in [3.63, 3.8) is 0 Å². The fourth-order valence-electron chi connectivity index (χ4n) is 1.93. The van der Waals surface area contributed by atoms with E-state index in [1.807, 2.05) is 30.3 Å². The predicted octanol–water partition coefficient (Wildman–Crippen LogP) is 3.37. The number of ether oxygens (including phenoxy) is 1. The average molecular weight is 275 g/mol. The summed E-state index contributed by atoms with van der Waals surface area (Å²) in [7, 11) is 0. The summed E-state index contributed by atoms with van der Waals surface area (Å²) in [6.45, 7) is 8.06. The number of unbranched alkanes of at least 4 members (excludes halogenated alkanes) is 1. The number of carbonyl (C=O) groups is 1. The van der Waals surface area contributed by atoms with Gasteiger partial charge < -0.3 is 9.64 Å². The highest BCUT2D eigenvalue weighted by Gasteiger charge is 2.00. The van der Waals surface area contributed by atoms with Gasteiger partial charge in [-0.2, -0.15) is 0 Å². The molecule has 20 heavy (non-hydrogen) atoms. The Morgan fingerprint density at radius 2 is 1.85 bits per heavy atom. The van der Waals surface area contributed by atoms with Crippen LogP contribution in [-0.2, 0) is 9.53 Å². The number of benzene rings is 1. The Labute approximate surface area is 122 Å². The summed E-state index contributed by atoms with van der Waals surface area (Å²) in [4.78, 5) is 13.9. The van der Waals surface area contributed by atoms with E-state index >= 15 is 0 Å². The molecule has 110 valence electrons. The average Bonchev–Trinajstić information content (AvgIpc) is 2.50. The van der Waals surface area contributed by atoms with Crippen molar-refractivity contribution in [2.45, 2.75) is 26.7 Å². The molecule has 0 spiro atoms. The van der Waals surface area contributed by atoms with Gasteiger partial charge in [0.05, 0.1) is 6.61 Å². The van der Waals surface area contributed by atoms with Gasteiger partial charge in [0.25, 0.3) is 0 Å². The summed E-state index contributed by atoms with van der Waals surface area (Å²) in [5.41, 5.74) is 1.01. The standard InChI is InChI=1S/C17H25NO2/c1-3-18(4-2)14-8-9-15-20-17(19)13-12-16-10-6-5-7-11-16/h5-7,10-13H,3-4,8-9,14-15H2,1-2H3. The van der Waals surface area contributed by atoms with E-state index in [9.17, 15) is 4.79 Å². The monoisotopic (exact) mass is 275 g/mol. The second kappa shape index (κ2) is 10.2. The maximum Gasteiger partial charge on any atom is 0.330 e. The van der Waals surface area contributed by atoms with E-state index in [0.29, 0.717) is 6.61 Å². The van der Waals surface area contributed by atoms with Crippen molar-refractivity contribution in [2.24, 2.45) is 0 Å². The van der Waals surface area contributed by atoms with E-state index in [4.69, 9.17) is 4.74 Å². The van der Waals surface area contributed by atoms with Crippen molar-refractivity contribution in [1.82, 2.24) is 4.90 Å². The Bertz CT molecular complexity index is 397. The molecule has 1 aromatic rings. The van der Waals surface area contributed by atoms with Gasteiger partial charge in [0.2, 0.25) is 0 Å². The van der Waals surface area contributed by atoms with Crippen molar-refractivity contribution < 1.29 is 9.53 Å². The van der Waals surface area contributed by atoms with Gasteiger partial charge in [-0.15, -0.1) is 0 Å². The lowest BCUT2D eigenvalue weighted by Crippen LogP contribution is -2.24. The zero-order valence-corrected chi connectivity index (χ0v) is 12.5. The van der Waals surface area contributed by atoms with Crippen LogP contribution >= 0.6 is 0 Å². The minimum Gasteiger partial charge on any atom is -0.463 e. The first-order valence-corrected chi connectivity index (χ1v) is 7.38. The molecule has 0 fully saturated rings. The highest BCUT2D eigenvalue weighted by molar-refractivity contribution is 5.86. The summed E-state index contributed by atoms with van der Waals surface area (Å²) in [5, 5.41) is 0. The molecule has 0 unspecified atom stereocenters. The molecule has 1 rings (SSSR count). The molecule has 0 atom stereocenters. The largest absolute Gasteiger partial charge is 0.463 e. The third-order valence-electron chi connectivity index (χ3n) is 3.22. The maximum absolute atomic E-state index is 11.5. The van der Waals surface area contributed by atoms with Crippen LogP contribution in [0.2, 0.25) is 0 Å². The molecule has 0 aliphatic heterocycles. The van der Waals surface area contributed by atoms with Gasteiger partial charge >= 0.3 is 5.97 Å². The minimum absolute atomic E-state index is 0.267. The molecule has 1 aromatic carbocycles. The summed E-state index contributed by atoms with van der Waals surface area (Å²) >= 11 is 0. The number of rotatable bonds is 9. The molecule has 0 amide bonds. The van der Waals surface area contributed by atoms with Crippen LogP contribution in [0.15, 0.2) is 36.4 Å². The highest BCUT2D eigenvalue weighted by Crippen LogP contribution is 2.01. The number of nitrogens with zero attached hydrogens (tertiary/aromatic N) is 1. The molecule has 0 saturated carbocycles. The maximum atomic E-state index is 11.5. The van der Waals surface area contributed by atoms with Crippen molar-refractivity contribution in [3.05, 3.63) is 42.0 Å². The molecule has 3 nitrogen and oxygen atoms in total. The summed E-state index contributed by atoms with van der Waals surface area (Å²) in [5.74, 6) is -0.267. The minimum atomic E-state index is -0.267. The second-order valence-corrected chi connectivity index (χ2v) is 4.65. The molecular weight excluding hydrogens is 250 g/mol. The van der Waals surface area contributed by atoms with Crippen molar-refractivity contribution in [2.75, 3.05) is 26.2 Å². The Kier molecular flexibility index (Phi) is 8.40. The van der Waals surface area contributed by atoms with Crippen LogP contribution in [-0.4, -0.2) is 37.1 Å². The fourth-order valence-corrected chi connectivity index (χ4v) is 1.93. The number of hydrogen-bond donors (Lipinski definition) is 0. The Morgan fingerprint density at radius 3 is 2.50 bits per heavy atom. The van der Waals surface area contributed by atoms with Gasteiger partial charge in [-0.25, -0.2) is 4.79 Å². The lowest BCUT2D eigenvalue weighted by molar-refractivity contribution is -0.137. The molecule has 0 bridgehead atoms. The number of esters is 1. The fraction of sp³-hybridized carbons (Fsp3) is 0.471. The van der Waals surface area contributed by atoms with Gasteiger partial charge in [0, 0.05) is 6.08 Å². The topological polar surface area (TPSA) is 29.5 Å². The molecule has 0 aromatic heterocycles. The molecule has 0 aliphatic rings. The highest BCUT2D eigenvalue weighted by atomic mass is 16.5. The molecule has 0 saturated heterocycles. The first-order valence-electron chi connectivity index (χ1n) is 7.38. The van der Waals surface area contributed by atoms with Crippen molar-refractivity contribution in [3.8, 4) is 0 Å². The Hall–Kier alpha value is -1.61. The van der Waals surface area contributed by atoms with Crippen LogP contribution in [0, 0.1) is 0 Å². The van der Waals surface area contributed by atoms with Crippen LogP contribution < -0.4 is 0 Å². The predicted molar refractivity (Wildman–Crippen MR) is 83.5 cm³/mol. The van der Waals surface area contributed by atoms with Gasteiger partial charge in [-0.3, -0.25) is 0 Å². The first kappa shape index (κ1) is 16.4. The van der Waals surface area contributed by atoms with E-state index < -0.39 is 0 Å². The van der Waals surface area contributed by atoms with Gasteiger partial charge in [0.1, 0.15) is 0 Å². The lowest BCUT2D eigenvalue weighted by atomic mass is 10.2. The normalized spacial score (nSPS) is 11.2. The third kappa shape index (κ3) is 7.10. The summed E-state index contributed by atoms with van der Waals surface area (Å²) < 4.78 is 5.17. The first-order chi connectivity index (χ1) is 9.76. The van der Waals surface area contributed by atoms with Crippen molar-refractivity contribution >= 4 is 12.0 Å². The summed E-state index contributed by atoms with van der Waals surface area (Å²) in [6.07, 6.45) is 5.25. The Morgan fingerprint density at radius 1 is 1.15 bits per heavy atom. The summed E-state index contributed by atoms with van der Waals surface area (Å²) in [6, 6.07) is 9.74. The molecule has 0 heterocycles.